The molecule has 0 saturated carbocycles. The van der Waals surface area contributed by atoms with Crippen molar-refractivity contribution < 1.29 is 19.1 Å². The number of ether oxygens (including phenoxy) is 1. The van der Waals surface area contributed by atoms with Crippen LogP contribution < -0.4 is 5.32 Å². The van der Waals surface area contributed by atoms with Crippen LogP contribution in [0.25, 0.3) is 0 Å². The van der Waals surface area contributed by atoms with Gasteiger partial charge in [-0.1, -0.05) is 54.6 Å². The molecular weight excluding hydrogens is 402 g/mol. The Bertz CT molecular complexity index is 940. The lowest BCUT2D eigenvalue weighted by Gasteiger charge is -2.32. The Morgan fingerprint density at radius 1 is 1.06 bits per heavy atom. The fourth-order valence-corrected chi connectivity index (χ4v) is 4.55. The van der Waals surface area contributed by atoms with Gasteiger partial charge in [0, 0.05) is 11.8 Å². The van der Waals surface area contributed by atoms with Crippen LogP contribution in [-0.4, -0.2) is 36.2 Å². The first-order valence-corrected chi connectivity index (χ1v) is 11.5. The molecular formula is C27H33NO4. The molecule has 0 amide bonds. The molecule has 5 heteroatoms. The first-order valence-electron chi connectivity index (χ1n) is 11.5. The molecule has 2 aromatic rings. The Morgan fingerprint density at radius 2 is 1.75 bits per heavy atom. The number of ketones is 2. The fraction of sp³-hybridized carbons (Fsp3) is 0.444. The van der Waals surface area contributed by atoms with E-state index in [9.17, 15) is 14.4 Å². The van der Waals surface area contributed by atoms with E-state index in [1.165, 1.54) is 0 Å². The second kappa shape index (κ2) is 11.2. The van der Waals surface area contributed by atoms with E-state index in [0.717, 1.165) is 16.7 Å². The van der Waals surface area contributed by atoms with Gasteiger partial charge in [0.25, 0.3) is 0 Å². The van der Waals surface area contributed by atoms with Crippen LogP contribution in [0.1, 0.15) is 56.2 Å². The zero-order valence-electron chi connectivity index (χ0n) is 19.2. The van der Waals surface area contributed by atoms with Crippen molar-refractivity contribution in [2.45, 2.75) is 64.5 Å². The molecule has 0 spiro atoms. The first kappa shape index (κ1) is 23.9. The van der Waals surface area contributed by atoms with Gasteiger partial charge in [0.1, 0.15) is 11.8 Å². The second-order valence-corrected chi connectivity index (χ2v) is 8.62. The summed E-state index contributed by atoms with van der Waals surface area (Å²) in [5.41, 5.74) is 3.20. The van der Waals surface area contributed by atoms with Crippen molar-refractivity contribution >= 4 is 17.5 Å². The Morgan fingerprint density at radius 3 is 2.44 bits per heavy atom. The summed E-state index contributed by atoms with van der Waals surface area (Å²) in [6, 6.07) is 16.7. The minimum atomic E-state index is -0.573. The van der Waals surface area contributed by atoms with Gasteiger partial charge < -0.3 is 4.74 Å². The molecule has 0 aliphatic heterocycles. The number of hydrogen-bond donors (Lipinski definition) is 1. The van der Waals surface area contributed by atoms with Gasteiger partial charge in [-0.15, -0.1) is 0 Å². The number of aryl methyl sites for hydroxylation is 1. The summed E-state index contributed by atoms with van der Waals surface area (Å²) in [7, 11) is 0. The number of fused-ring (bicyclic) bond motifs is 1. The van der Waals surface area contributed by atoms with Crippen LogP contribution in [0.3, 0.4) is 0 Å². The SMILES string of the molecule is CCOC(=O)[C@H](CCc1ccccc1)N[C@@H](C)C(=O)C1C[C@H](C(C)=O)Cc2ccccc21. The average Bonchev–Trinajstić information content (AvgIpc) is 2.81. The van der Waals surface area contributed by atoms with Crippen molar-refractivity contribution in [2.75, 3.05) is 6.61 Å². The molecule has 1 unspecified atom stereocenters. The number of carbonyl (C=O) groups is 3. The van der Waals surface area contributed by atoms with Gasteiger partial charge in [0.2, 0.25) is 0 Å². The third kappa shape index (κ3) is 5.92. The van der Waals surface area contributed by atoms with Crippen LogP contribution in [0.15, 0.2) is 54.6 Å². The van der Waals surface area contributed by atoms with Crippen LogP contribution in [0.4, 0.5) is 0 Å². The number of nitrogens with one attached hydrogen (secondary N) is 1. The first-order chi connectivity index (χ1) is 15.4. The van der Waals surface area contributed by atoms with E-state index in [0.29, 0.717) is 32.3 Å². The molecule has 3 rings (SSSR count). The summed E-state index contributed by atoms with van der Waals surface area (Å²) in [5.74, 6) is -0.713. The van der Waals surface area contributed by atoms with E-state index in [-0.39, 0.29) is 29.4 Å². The predicted octanol–water partition coefficient (Wildman–Crippen LogP) is 4.03. The van der Waals surface area contributed by atoms with E-state index in [4.69, 9.17) is 4.74 Å². The van der Waals surface area contributed by atoms with E-state index in [1.54, 1.807) is 20.8 Å². The molecule has 1 aliphatic carbocycles. The second-order valence-electron chi connectivity index (χ2n) is 8.62. The average molecular weight is 436 g/mol. The Balaban J connectivity index is 1.74. The summed E-state index contributed by atoms with van der Waals surface area (Å²) >= 11 is 0. The molecule has 0 heterocycles. The Labute approximate surface area is 190 Å². The summed E-state index contributed by atoms with van der Waals surface area (Å²) in [5, 5.41) is 3.23. The molecule has 0 saturated heterocycles. The predicted molar refractivity (Wildman–Crippen MR) is 124 cm³/mol. The fourth-order valence-electron chi connectivity index (χ4n) is 4.55. The zero-order valence-corrected chi connectivity index (χ0v) is 19.2. The molecule has 4 atom stereocenters. The monoisotopic (exact) mass is 435 g/mol. The number of esters is 1. The van der Waals surface area contributed by atoms with Gasteiger partial charge in [-0.25, -0.2) is 0 Å². The number of benzene rings is 2. The highest BCUT2D eigenvalue weighted by molar-refractivity contribution is 5.92. The molecule has 0 bridgehead atoms. The molecule has 0 fully saturated rings. The maximum absolute atomic E-state index is 13.5. The van der Waals surface area contributed by atoms with Crippen molar-refractivity contribution in [1.82, 2.24) is 5.32 Å². The summed E-state index contributed by atoms with van der Waals surface area (Å²) in [6.07, 6.45) is 2.44. The lowest BCUT2D eigenvalue weighted by Crippen LogP contribution is -2.48. The van der Waals surface area contributed by atoms with E-state index < -0.39 is 12.1 Å². The normalized spacial score (nSPS) is 19.5. The Kier molecular flexibility index (Phi) is 8.34. The molecule has 1 aliphatic rings. The molecule has 0 radical (unpaired) electrons. The minimum absolute atomic E-state index is 0.0115. The highest BCUT2D eigenvalue weighted by Crippen LogP contribution is 2.36. The summed E-state index contributed by atoms with van der Waals surface area (Å²) < 4.78 is 5.27. The molecule has 2 aromatic carbocycles. The lowest BCUT2D eigenvalue weighted by atomic mass is 9.73. The number of Topliss-reactive ketones (excluding diaryl/α,β-unsaturated/α-hetero) is 2. The van der Waals surface area contributed by atoms with Crippen LogP contribution in [0.2, 0.25) is 0 Å². The Hall–Kier alpha value is -2.79. The summed E-state index contributed by atoms with van der Waals surface area (Å²) in [6.45, 7) is 5.47. The highest BCUT2D eigenvalue weighted by atomic mass is 16.5. The smallest absolute Gasteiger partial charge is 0.323 e. The van der Waals surface area contributed by atoms with Gasteiger partial charge >= 0.3 is 5.97 Å². The van der Waals surface area contributed by atoms with Gasteiger partial charge in [0.05, 0.1) is 12.6 Å². The largest absolute Gasteiger partial charge is 0.465 e. The van der Waals surface area contributed by atoms with Crippen molar-refractivity contribution in [3.05, 3.63) is 71.3 Å². The van der Waals surface area contributed by atoms with E-state index in [1.807, 2.05) is 54.6 Å². The van der Waals surface area contributed by atoms with E-state index >= 15 is 0 Å². The zero-order chi connectivity index (χ0) is 23.1. The molecule has 170 valence electrons. The van der Waals surface area contributed by atoms with Gasteiger partial charge in [-0.05, 0) is 63.1 Å². The van der Waals surface area contributed by atoms with Crippen LogP contribution in [0, 0.1) is 5.92 Å². The standard InChI is InChI=1S/C27H33NO4/c1-4-32-27(31)25(15-14-20-10-6-5-7-11-20)28-18(2)26(30)24-17-22(19(3)29)16-21-12-8-9-13-23(21)24/h5-13,18,22,24-25,28H,4,14-17H2,1-3H3/t18-,22+,24?,25-/m0/s1. The van der Waals surface area contributed by atoms with Crippen molar-refractivity contribution in [3.63, 3.8) is 0 Å². The van der Waals surface area contributed by atoms with E-state index in [2.05, 4.69) is 5.32 Å². The van der Waals surface area contributed by atoms with Crippen LogP contribution in [-0.2, 0) is 32.0 Å². The third-order valence-electron chi connectivity index (χ3n) is 6.35. The maximum Gasteiger partial charge on any atom is 0.323 e. The molecule has 1 N–H and O–H groups in total. The maximum atomic E-state index is 13.5. The number of rotatable bonds is 10. The van der Waals surface area contributed by atoms with Crippen molar-refractivity contribution in [3.8, 4) is 0 Å². The molecule has 0 aromatic heterocycles. The molecule has 5 nitrogen and oxygen atoms in total. The van der Waals surface area contributed by atoms with Gasteiger partial charge in [-0.3, -0.25) is 19.7 Å². The van der Waals surface area contributed by atoms with Crippen LogP contribution >= 0.6 is 0 Å². The van der Waals surface area contributed by atoms with Crippen molar-refractivity contribution in [1.29, 1.82) is 0 Å². The third-order valence-corrected chi connectivity index (χ3v) is 6.35. The van der Waals surface area contributed by atoms with Crippen molar-refractivity contribution in [2.24, 2.45) is 5.92 Å². The summed E-state index contributed by atoms with van der Waals surface area (Å²) in [4.78, 5) is 38.2. The molecule has 32 heavy (non-hydrogen) atoms. The highest BCUT2D eigenvalue weighted by Gasteiger charge is 2.36. The minimum Gasteiger partial charge on any atom is -0.465 e. The topological polar surface area (TPSA) is 72.5 Å². The van der Waals surface area contributed by atoms with Gasteiger partial charge in [-0.2, -0.15) is 0 Å². The lowest BCUT2D eigenvalue weighted by molar-refractivity contribution is -0.146. The number of hydrogen-bond acceptors (Lipinski definition) is 5. The quantitative estimate of drug-likeness (QED) is 0.571. The number of carbonyl (C=O) groups excluding carboxylic acids is 3. The van der Waals surface area contributed by atoms with Gasteiger partial charge in [0.15, 0.2) is 5.78 Å². The van der Waals surface area contributed by atoms with Crippen LogP contribution in [0.5, 0.6) is 0 Å².